The van der Waals surface area contributed by atoms with E-state index in [1.807, 2.05) is 35.2 Å². The molecule has 5 atom stereocenters. The molecule has 0 unspecified atom stereocenters. The molecule has 65 heavy (non-hydrogen) atoms. The number of alkyl carbamates (subject to hydrolysis) is 1. The van der Waals surface area contributed by atoms with Crippen LogP contribution in [-0.4, -0.2) is 110 Å². The molecule has 0 spiro atoms. The number of benzene rings is 2. The summed E-state index contributed by atoms with van der Waals surface area (Å²) in [6.07, 6.45) is 6.66. The summed E-state index contributed by atoms with van der Waals surface area (Å²) in [5.41, 5.74) is 5.57. The number of ether oxygens (including phenoxy) is 2. The number of aliphatic imine (C=N–C) groups is 1. The van der Waals surface area contributed by atoms with Crippen LogP contribution >= 0.6 is 0 Å². The largest absolute Gasteiger partial charge is 0.449 e. The lowest BCUT2D eigenvalue weighted by molar-refractivity contribution is -0.124. The SMILES string of the molecule is CCCCN(/C=N/c1ncnc2c1ncn2[C@@H]1O[C@H](CO[Si](C)(C)C(C)(C)C)[C@@H](NC(=O)[C@H](C)NC(=O)OCC2c3ccccc3-c3ccccc32)[C@H]1O[Si](C)(C)C(C)(C)C)CCCC. The van der Waals surface area contributed by atoms with Crippen molar-refractivity contribution < 1.29 is 27.9 Å². The van der Waals surface area contributed by atoms with Gasteiger partial charge in [-0.1, -0.05) is 117 Å². The fourth-order valence-corrected chi connectivity index (χ4v) is 10.1. The number of rotatable bonds is 19. The minimum Gasteiger partial charge on any atom is -0.449 e. The van der Waals surface area contributed by atoms with Crippen LogP contribution in [0.2, 0.25) is 36.3 Å². The number of hydrogen-bond acceptors (Lipinski definition) is 10. The Kier molecular flexibility index (Phi) is 15.8. The summed E-state index contributed by atoms with van der Waals surface area (Å²) in [6.45, 7) is 30.1. The molecular formula is C49H74N8O6Si2. The molecule has 2 aromatic carbocycles. The summed E-state index contributed by atoms with van der Waals surface area (Å²) in [5, 5.41) is 5.83. The van der Waals surface area contributed by atoms with Crippen molar-refractivity contribution in [1.82, 2.24) is 35.1 Å². The molecule has 14 nitrogen and oxygen atoms in total. The predicted molar refractivity (Wildman–Crippen MR) is 264 cm³/mol. The van der Waals surface area contributed by atoms with E-state index in [0.717, 1.165) is 61.0 Å². The molecule has 1 aliphatic carbocycles. The van der Waals surface area contributed by atoms with E-state index in [4.69, 9.17) is 33.3 Å². The number of fused-ring (bicyclic) bond motifs is 4. The lowest BCUT2D eigenvalue weighted by Crippen LogP contribution is -2.58. The molecule has 1 saturated heterocycles. The Bertz CT molecular complexity index is 2230. The van der Waals surface area contributed by atoms with Crippen LogP contribution in [0, 0.1) is 0 Å². The van der Waals surface area contributed by atoms with Gasteiger partial charge < -0.3 is 33.9 Å². The van der Waals surface area contributed by atoms with Gasteiger partial charge in [-0.25, -0.2) is 24.7 Å². The Morgan fingerprint density at radius 2 is 1.48 bits per heavy atom. The predicted octanol–water partition coefficient (Wildman–Crippen LogP) is 10.1. The van der Waals surface area contributed by atoms with Crippen molar-refractivity contribution in [3.8, 4) is 11.1 Å². The Labute approximate surface area is 389 Å². The molecule has 354 valence electrons. The Morgan fingerprint density at radius 3 is 2.06 bits per heavy atom. The Hall–Kier alpha value is -4.49. The molecule has 2 aliphatic rings. The summed E-state index contributed by atoms with van der Waals surface area (Å²) >= 11 is 0. The first kappa shape index (κ1) is 49.9. The number of unbranched alkanes of at least 4 members (excludes halogenated alkanes) is 2. The normalized spacial score (nSPS) is 19.6. The lowest BCUT2D eigenvalue weighted by Gasteiger charge is -2.41. The number of imidazole rings is 1. The average Bonchev–Trinajstić information content (AvgIpc) is 3.92. The van der Waals surface area contributed by atoms with Crippen LogP contribution in [0.5, 0.6) is 0 Å². The molecule has 6 rings (SSSR count). The van der Waals surface area contributed by atoms with E-state index in [0.29, 0.717) is 17.0 Å². The van der Waals surface area contributed by atoms with Crippen molar-refractivity contribution in [1.29, 1.82) is 0 Å². The number of aromatic nitrogens is 4. The second-order valence-corrected chi connectivity index (χ2v) is 30.3. The van der Waals surface area contributed by atoms with Gasteiger partial charge in [-0.05, 0) is 78.3 Å². The van der Waals surface area contributed by atoms with Crippen molar-refractivity contribution in [3.63, 3.8) is 0 Å². The second kappa shape index (κ2) is 20.6. The van der Waals surface area contributed by atoms with Gasteiger partial charge >= 0.3 is 6.09 Å². The van der Waals surface area contributed by atoms with Crippen LogP contribution in [0.4, 0.5) is 10.6 Å². The third-order valence-electron chi connectivity index (χ3n) is 13.9. The van der Waals surface area contributed by atoms with Crippen LogP contribution in [-0.2, 0) is 23.1 Å². The molecule has 0 saturated carbocycles. The van der Waals surface area contributed by atoms with Gasteiger partial charge in [0.05, 0.1) is 25.3 Å². The van der Waals surface area contributed by atoms with Crippen LogP contribution < -0.4 is 10.6 Å². The van der Waals surface area contributed by atoms with Crippen molar-refractivity contribution in [2.45, 2.75) is 161 Å². The number of nitrogens with one attached hydrogen (secondary N) is 2. The number of amides is 2. The maximum absolute atomic E-state index is 14.4. The number of carbonyl (C=O) groups is 2. The van der Waals surface area contributed by atoms with E-state index in [-0.39, 0.29) is 29.2 Å². The molecule has 4 aromatic rings. The number of carbonyl (C=O) groups excluding carboxylic acids is 2. The zero-order chi connectivity index (χ0) is 47.3. The van der Waals surface area contributed by atoms with Gasteiger partial charge in [0.2, 0.25) is 5.91 Å². The highest BCUT2D eigenvalue weighted by atomic mass is 28.4. The summed E-state index contributed by atoms with van der Waals surface area (Å²) < 4.78 is 28.9. The van der Waals surface area contributed by atoms with E-state index in [9.17, 15) is 9.59 Å². The first-order chi connectivity index (χ1) is 30.7. The van der Waals surface area contributed by atoms with Gasteiger partial charge in [-0.3, -0.25) is 9.36 Å². The first-order valence-electron chi connectivity index (χ1n) is 23.5. The minimum atomic E-state index is -2.54. The molecule has 1 fully saturated rings. The molecular weight excluding hydrogens is 853 g/mol. The van der Waals surface area contributed by atoms with Gasteiger partial charge in [0, 0.05) is 19.0 Å². The van der Waals surface area contributed by atoms with E-state index >= 15 is 0 Å². The summed E-state index contributed by atoms with van der Waals surface area (Å²) in [6, 6.07) is 14.8. The quantitative estimate of drug-likeness (QED) is 0.0528. The Morgan fingerprint density at radius 1 is 0.877 bits per heavy atom. The van der Waals surface area contributed by atoms with Gasteiger partial charge in [-0.2, -0.15) is 0 Å². The summed E-state index contributed by atoms with van der Waals surface area (Å²) in [4.78, 5) is 49.0. The monoisotopic (exact) mass is 927 g/mol. The summed E-state index contributed by atoms with van der Waals surface area (Å²) in [5.74, 6) is -0.0556. The topological polar surface area (TPSA) is 154 Å². The van der Waals surface area contributed by atoms with Crippen LogP contribution in [0.15, 0.2) is 66.2 Å². The highest BCUT2D eigenvalue weighted by Crippen LogP contribution is 2.46. The molecule has 2 N–H and O–H groups in total. The first-order valence-corrected chi connectivity index (χ1v) is 29.3. The summed E-state index contributed by atoms with van der Waals surface area (Å²) in [7, 11) is -4.82. The number of nitrogens with zero attached hydrogens (tertiary/aromatic N) is 6. The maximum atomic E-state index is 14.4. The van der Waals surface area contributed by atoms with Gasteiger partial charge in [0.1, 0.15) is 31.2 Å². The van der Waals surface area contributed by atoms with Crippen LogP contribution in [0.1, 0.15) is 111 Å². The van der Waals surface area contributed by atoms with Crippen molar-refractivity contribution in [3.05, 3.63) is 72.3 Å². The zero-order valence-electron chi connectivity index (χ0n) is 41.1. The third-order valence-corrected chi connectivity index (χ3v) is 22.9. The van der Waals surface area contributed by atoms with Crippen molar-refractivity contribution >= 4 is 52.0 Å². The van der Waals surface area contributed by atoms with E-state index in [1.54, 1.807) is 13.3 Å². The maximum Gasteiger partial charge on any atom is 0.407 e. The van der Waals surface area contributed by atoms with E-state index in [2.05, 4.69) is 126 Å². The molecule has 0 bridgehead atoms. The van der Waals surface area contributed by atoms with Gasteiger partial charge in [0.15, 0.2) is 39.8 Å². The standard InChI is InChI=1S/C49H74N8O6Si2/c1-14-16-26-56(27-17-15-2)31-53-43-41-44(51-30-50-43)57(32-52-41)46-42(63-65(12,13)49(7,8)9)40(39(62-46)29-61-64(10,11)48(4,5)6)55-45(58)33(3)54-47(59)60-28-38-36-24-20-18-22-34(36)35-23-19-21-25-37(35)38/h18-25,30-33,38-40,42,46H,14-17,26-29H2,1-13H3,(H,54,59)(H,55,58)/b53-31+/t33-,39+,40+,42+,46+/m0/s1. The van der Waals surface area contributed by atoms with Gasteiger partial charge in [0.25, 0.3) is 0 Å². The lowest BCUT2D eigenvalue weighted by atomic mass is 9.98. The fraction of sp³-hybridized carbons (Fsp3) is 0.592. The highest BCUT2D eigenvalue weighted by molar-refractivity contribution is 6.74. The second-order valence-electron chi connectivity index (χ2n) is 20.7. The highest BCUT2D eigenvalue weighted by Gasteiger charge is 2.53. The Balaban J connectivity index is 1.28. The molecule has 16 heteroatoms. The van der Waals surface area contributed by atoms with Crippen LogP contribution in [0.25, 0.3) is 22.3 Å². The van der Waals surface area contributed by atoms with Crippen molar-refractivity contribution in [2.24, 2.45) is 4.99 Å². The zero-order valence-corrected chi connectivity index (χ0v) is 43.1. The van der Waals surface area contributed by atoms with Crippen molar-refractivity contribution in [2.75, 3.05) is 26.3 Å². The van der Waals surface area contributed by atoms with E-state index in [1.165, 1.54) is 6.33 Å². The minimum absolute atomic E-state index is 0.0701. The number of hydrogen-bond donors (Lipinski definition) is 2. The molecule has 3 heterocycles. The molecule has 2 aromatic heterocycles. The van der Waals surface area contributed by atoms with Gasteiger partial charge in [-0.15, -0.1) is 0 Å². The average molecular weight is 927 g/mol. The molecule has 0 radical (unpaired) electrons. The molecule has 1 aliphatic heterocycles. The third kappa shape index (κ3) is 11.4. The molecule has 2 amide bonds. The van der Waals surface area contributed by atoms with Crippen LogP contribution in [0.3, 0.4) is 0 Å². The smallest absolute Gasteiger partial charge is 0.407 e. The van der Waals surface area contributed by atoms with E-state index < -0.39 is 59.2 Å². The fourth-order valence-electron chi connectivity index (χ4n) is 7.81.